The van der Waals surface area contributed by atoms with E-state index in [1.807, 2.05) is 45.9 Å². The molecule has 0 spiro atoms. The molecule has 2 aromatic carbocycles. The number of nitrogens with one attached hydrogen (secondary N) is 2. The minimum Gasteiger partial charge on any atom is -0.483 e. The fraction of sp³-hybridized carbons (Fsp3) is 0.296. The molecular formula is C27H29Cl2N3O4. The maximum atomic E-state index is 12.8. The van der Waals surface area contributed by atoms with Crippen molar-refractivity contribution in [3.05, 3.63) is 75.5 Å². The molecule has 2 N–H and O–H groups in total. The van der Waals surface area contributed by atoms with Crippen molar-refractivity contribution in [1.29, 1.82) is 0 Å². The van der Waals surface area contributed by atoms with E-state index in [9.17, 15) is 9.59 Å². The lowest BCUT2D eigenvalue weighted by Crippen LogP contribution is -2.47. The Morgan fingerprint density at radius 1 is 1.08 bits per heavy atom. The zero-order valence-electron chi connectivity index (χ0n) is 20.6. The molecule has 3 aromatic rings. The number of hydrogen-bond acceptors (Lipinski definition) is 5. The standard InChI is InChI=1S/C27H29Cl2N3O4/c1-16(2)12-23(31-25(33)15-35-26-17(3)6-5-7-18(26)4)27(34)32-30-14-20-9-11-24(36-20)21-13-19(28)8-10-22(21)29/h5-11,13-14,16,23H,12,15H2,1-4H3,(H,31,33)(H,32,34)/b30-14-/t23-/m0/s1. The summed E-state index contributed by atoms with van der Waals surface area (Å²) in [7, 11) is 0. The summed E-state index contributed by atoms with van der Waals surface area (Å²) in [5.41, 5.74) is 4.99. The van der Waals surface area contributed by atoms with Crippen LogP contribution in [0.5, 0.6) is 5.75 Å². The highest BCUT2D eigenvalue weighted by molar-refractivity contribution is 6.35. The number of carbonyl (C=O) groups is 2. The second kappa shape index (κ2) is 12.6. The smallest absolute Gasteiger partial charge is 0.262 e. The summed E-state index contributed by atoms with van der Waals surface area (Å²) in [5, 5.41) is 7.76. The van der Waals surface area contributed by atoms with E-state index in [1.165, 1.54) is 6.21 Å². The Morgan fingerprint density at radius 2 is 1.81 bits per heavy atom. The van der Waals surface area contributed by atoms with Gasteiger partial charge in [0.1, 0.15) is 23.3 Å². The molecule has 0 bridgehead atoms. The predicted molar refractivity (Wildman–Crippen MR) is 143 cm³/mol. The lowest BCUT2D eigenvalue weighted by molar-refractivity contribution is -0.130. The number of hydrazone groups is 1. The molecule has 1 heterocycles. The number of benzene rings is 2. The largest absolute Gasteiger partial charge is 0.483 e. The maximum absolute atomic E-state index is 12.8. The van der Waals surface area contributed by atoms with Gasteiger partial charge in [0, 0.05) is 10.6 Å². The third-order valence-corrected chi connectivity index (χ3v) is 5.87. The third kappa shape index (κ3) is 7.60. The first-order valence-electron chi connectivity index (χ1n) is 11.5. The lowest BCUT2D eigenvalue weighted by atomic mass is 10.0. The van der Waals surface area contributed by atoms with Gasteiger partial charge in [-0.15, -0.1) is 0 Å². The first-order valence-corrected chi connectivity index (χ1v) is 12.3. The van der Waals surface area contributed by atoms with Gasteiger partial charge in [0.25, 0.3) is 11.8 Å². The summed E-state index contributed by atoms with van der Waals surface area (Å²) < 4.78 is 11.4. The van der Waals surface area contributed by atoms with Crippen LogP contribution in [0.1, 0.15) is 37.2 Å². The van der Waals surface area contributed by atoms with Gasteiger partial charge in [-0.3, -0.25) is 9.59 Å². The SMILES string of the molecule is Cc1cccc(C)c1OCC(=O)N[C@@H](CC(C)C)C(=O)N/N=C\c1ccc(-c2cc(Cl)ccc2Cl)o1. The summed E-state index contributed by atoms with van der Waals surface area (Å²) in [6.07, 6.45) is 1.81. The van der Waals surface area contributed by atoms with E-state index in [1.54, 1.807) is 30.3 Å². The highest BCUT2D eigenvalue weighted by atomic mass is 35.5. The maximum Gasteiger partial charge on any atom is 0.262 e. The quantitative estimate of drug-likeness (QED) is 0.251. The molecule has 1 atom stereocenters. The van der Waals surface area contributed by atoms with Crippen LogP contribution in [0.2, 0.25) is 10.0 Å². The minimum atomic E-state index is -0.770. The second-order valence-electron chi connectivity index (χ2n) is 8.82. The summed E-state index contributed by atoms with van der Waals surface area (Å²) in [6.45, 7) is 7.57. The molecule has 3 rings (SSSR count). The number of ether oxygens (including phenoxy) is 1. The molecular weight excluding hydrogens is 501 g/mol. The van der Waals surface area contributed by atoms with Crippen LogP contribution in [-0.4, -0.2) is 30.7 Å². The third-order valence-electron chi connectivity index (χ3n) is 5.30. The molecule has 0 aliphatic carbocycles. The van der Waals surface area contributed by atoms with Gasteiger partial charge in [0.2, 0.25) is 0 Å². The van der Waals surface area contributed by atoms with E-state index < -0.39 is 17.9 Å². The topological polar surface area (TPSA) is 92.9 Å². The van der Waals surface area contributed by atoms with Gasteiger partial charge >= 0.3 is 0 Å². The molecule has 2 amide bonds. The Labute approximate surface area is 220 Å². The Hall–Kier alpha value is -3.29. The number of halogens is 2. The second-order valence-corrected chi connectivity index (χ2v) is 9.66. The van der Waals surface area contributed by atoms with E-state index in [2.05, 4.69) is 15.8 Å². The van der Waals surface area contributed by atoms with Gasteiger partial charge in [-0.1, -0.05) is 55.2 Å². The zero-order chi connectivity index (χ0) is 26.2. The molecule has 0 aliphatic heterocycles. The van der Waals surface area contributed by atoms with Crippen LogP contribution in [0.4, 0.5) is 0 Å². The van der Waals surface area contributed by atoms with E-state index in [-0.39, 0.29) is 12.5 Å². The molecule has 0 saturated heterocycles. The molecule has 9 heteroatoms. The van der Waals surface area contributed by atoms with E-state index in [0.29, 0.717) is 39.3 Å². The van der Waals surface area contributed by atoms with Crippen LogP contribution in [0, 0.1) is 19.8 Å². The van der Waals surface area contributed by atoms with Gasteiger partial charge < -0.3 is 14.5 Å². The van der Waals surface area contributed by atoms with Crippen molar-refractivity contribution in [3.8, 4) is 17.1 Å². The summed E-state index contributed by atoms with van der Waals surface area (Å²) in [6, 6.07) is 13.5. The van der Waals surface area contributed by atoms with Crippen LogP contribution < -0.4 is 15.5 Å². The molecule has 1 aromatic heterocycles. The molecule has 0 fully saturated rings. The molecule has 0 radical (unpaired) electrons. The van der Waals surface area contributed by atoms with Gasteiger partial charge in [-0.2, -0.15) is 5.10 Å². The van der Waals surface area contributed by atoms with Crippen LogP contribution in [0.3, 0.4) is 0 Å². The van der Waals surface area contributed by atoms with Crippen molar-refractivity contribution >= 4 is 41.2 Å². The summed E-state index contributed by atoms with van der Waals surface area (Å²) in [5.74, 6) is 0.928. The first-order chi connectivity index (χ1) is 17.1. The van der Waals surface area contributed by atoms with Crippen molar-refractivity contribution in [3.63, 3.8) is 0 Å². The number of hydrogen-bond donors (Lipinski definition) is 2. The summed E-state index contributed by atoms with van der Waals surface area (Å²) in [4.78, 5) is 25.3. The molecule has 36 heavy (non-hydrogen) atoms. The summed E-state index contributed by atoms with van der Waals surface area (Å²) >= 11 is 12.3. The van der Waals surface area contributed by atoms with Gasteiger partial charge in [0.05, 0.1) is 11.2 Å². The number of amides is 2. The van der Waals surface area contributed by atoms with Gasteiger partial charge in [-0.05, 0) is 67.6 Å². The first kappa shape index (κ1) is 27.3. The number of para-hydroxylation sites is 1. The molecule has 0 saturated carbocycles. The average Bonchev–Trinajstić information content (AvgIpc) is 3.28. The lowest BCUT2D eigenvalue weighted by Gasteiger charge is -2.19. The fourth-order valence-corrected chi connectivity index (χ4v) is 3.98. The number of rotatable bonds is 10. The number of furan rings is 1. The molecule has 0 unspecified atom stereocenters. The van der Waals surface area contributed by atoms with Crippen molar-refractivity contribution in [2.75, 3.05) is 6.61 Å². The highest BCUT2D eigenvalue weighted by Gasteiger charge is 2.22. The van der Waals surface area contributed by atoms with E-state index >= 15 is 0 Å². The minimum absolute atomic E-state index is 0.166. The predicted octanol–water partition coefficient (Wildman–Crippen LogP) is 5.93. The van der Waals surface area contributed by atoms with Crippen molar-refractivity contribution in [2.45, 2.75) is 40.2 Å². The Morgan fingerprint density at radius 3 is 2.50 bits per heavy atom. The van der Waals surface area contributed by atoms with Crippen LogP contribution in [-0.2, 0) is 9.59 Å². The highest BCUT2D eigenvalue weighted by Crippen LogP contribution is 2.31. The Kier molecular flexibility index (Phi) is 9.56. The molecule has 7 nitrogen and oxygen atoms in total. The Balaban J connectivity index is 1.59. The molecule has 0 aliphatic rings. The van der Waals surface area contributed by atoms with Crippen LogP contribution in [0.25, 0.3) is 11.3 Å². The average molecular weight is 530 g/mol. The zero-order valence-corrected chi connectivity index (χ0v) is 22.1. The van der Waals surface area contributed by atoms with Crippen molar-refractivity contribution in [2.24, 2.45) is 11.0 Å². The molecule has 190 valence electrons. The number of aryl methyl sites for hydroxylation is 2. The fourth-order valence-electron chi connectivity index (χ4n) is 3.59. The van der Waals surface area contributed by atoms with E-state index in [0.717, 1.165) is 11.1 Å². The van der Waals surface area contributed by atoms with E-state index in [4.69, 9.17) is 32.4 Å². The van der Waals surface area contributed by atoms with Crippen LogP contribution >= 0.6 is 23.2 Å². The number of nitrogens with zero attached hydrogens (tertiary/aromatic N) is 1. The number of carbonyl (C=O) groups excluding carboxylic acids is 2. The monoisotopic (exact) mass is 529 g/mol. The Bertz CT molecular complexity index is 1230. The van der Waals surface area contributed by atoms with Gasteiger partial charge in [-0.25, -0.2) is 5.43 Å². The van der Waals surface area contributed by atoms with Crippen molar-refractivity contribution in [1.82, 2.24) is 10.7 Å². The normalized spacial score (nSPS) is 12.1. The van der Waals surface area contributed by atoms with Crippen LogP contribution in [0.15, 0.2) is 58.0 Å². The van der Waals surface area contributed by atoms with Gasteiger partial charge in [0.15, 0.2) is 6.61 Å². The van der Waals surface area contributed by atoms with Crippen molar-refractivity contribution < 1.29 is 18.7 Å².